The highest BCUT2D eigenvalue weighted by Gasteiger charge is 2.14. The molecular formula is C20H20N2O4S. The number of fused-ring (bicyclic) bond motifs is 1. The number of ether oxygens (including phenoxy) is 1. The van der Waals surface area contributed by atoms with Crippen LogP contribution in [0.2, 0.25) is 0 Å². The number of aryl methyl sites for hydroxylation is 1. The maximum absolute atomic E-state index is 12.2. The molecule has 0 radical (unpaired) electrons. The lowest BCUT2D eigenvalue weighted by Crippen LogP contribution is -2.18. The first-order chi connectivity index (χ1) is 12.9. The van der Waals surface area contributed by atoms with Crippen LogP contribution < -0.4 is 5.32 Å². The second kappa shape index (κ2) is 8.18. The summed E-state index contributed by atoms with van der Waals surface area (Å²) in [7, 11) is 0. The van der Waals surface area contributed by atoms with Gasteiger partial charge in [0, 0.05) is 23.0 Å². The van der Waals surface area contributed by atoms with Crippen LogP contribution in [-0.2, 0) is 27.4 Å². The van der Waals surface area contributed by atoms with Crippen molar-refractivity contribution in [1.82, 2.24) is 9.88 Å². The van der Waals surface area contributed by atoms with Crippen molar-refractivity contribution in [1.29, 1.82) is 0 Å². The van der Waals surface area contributed by atoms with Crippen LogP contribution in [0.15, 0.2) is 42.5 Å². The number of hydrogen-bond donors (Lipinski definition) is 1. The van der Waals surface area contributed by atoms with Crippen LogP contribution in [0.4, 0.5) is 0 Å². The van der Waals surface area contributed by atoms with Gasteiger partial charge in [-0.15, -0.1) is 11.3 Å². The number of Topliss-reactive ketones (excluding diaryl/α,β-unsaturated/α-hetero) is 1. The highest BCUT2D eigenvalue weighted by Crippen LogP contribution is 2.20. The number of esters is 1. The lowest BCUT2D eigenvalue weighted by atomic mass is 10.2. The zero-order valence-electron chi connectivity index (χ0n) is 15.2. The fourth-order valence-electron chi connectivity index (χ4n) is 2.78. The van der Waals surface area contributed by atoms with Crippen molar-refractivity contribution in [3.8, 4) is 0 Å². The Labute approximate surface area is 160 Å². The summed E-state index contributed by atoms with van der Waals surface area (Å²) >= 11 is 1.28. The summed E-state index contributed by atoms with van der Waals surface area (Å²) in [6.45, 7) is 3.52. The zero-order chi connectivity index (χ0) is 19.4. The molecular weight excluding hydrogens is 364 g/mol. The molecule has 0 aliphatic carbocycles. The highest BCUT2D eigenvalue weighted by molar-refractivity contribution is 7.14. The molecule has 0 aliphatic rings. The van der Waals surface area contributed by atoms with E-state index in [4.69, 9.17) is 4.74 Å². The molecule has 7 heteroatoms. The van der Waals surface area contributed by atoms with Crippen LogP contribution in [0.5, 0.6) is 0 Å². The molecule has 0 unspecified atom stereocenters. The molecule has 3 rings (SSSR count). The number of thiophene rings is 1. The molecule has 1 N–H and O–H groups in total. The van der Waals surface area contributed by atoms with Crippen molar-refractivity contribution in [3.05, 3.63) is 57.9 Å². The molecule has 6 nitrogen and oxygen atoms in total. The Bertz CT molecular complexity index is 1000. The molecule has 2 heterocycles. The number of nitrogens with zero attached hydrogens (tertiary/aromatic N) is 1. The average Bonchev–Trinajstić information content (AvgIpc) is 3.23. The third-order valence-electron chi connectivity index (χ3n) is 4.12. The van der Waals surface area contributed by atoms with Gasteiger partial charge in [0.1, 0.15) is 6.54 Å². The molecule has 1 amide bonds. The first-order valence-corrected chi connectivity index (χ1v) is 9.32. The predicted octanol–water partition coefficient (Wildman–Crippen LogP) is 3.07. The molecule has 27 heavy (non-hydrogen) atoms. The first-order valence-electron chi connectivity index (χ1n) is 8.51. The summed E-state index contributed by atoms with van der Waals surface area (Å²) in [6, 6.07) is 13.3. The lowest BCUT2D eigenvalue weighted by Gasteiger charge is -2.08. The van der Waals surface area contributed by atoms with Gasteiger partial charge in [-0.25, -0.2) is 0 Å². The molecule has 0 saturated heterocycles. The topological polar surface area (TPSA) is 77.4 Å². The van der Waals surface area contributed by atoms with E-state index in [0.717, 1.165) is 21.5 Å². The Hall–Kier alpha value is -2.93. The van der Waals surface area contributed by atoms with Gasteiger partial charge in [0.15, 0.2) is 6.61 Å². The number of hydrogen-bond acceptors (Lipinski definition) is 5. The lowest BCUT2D eigenvalue weighted by molar-refractivity contribution is -0.143. The van der Waals surface area contributed by atoms with E-state index >= 15 is 0 Å². The highest BCUT2D eigenvalue weighted by atomic mass is 32.1. The number of ketones is 1. The molecule has 140 valence electrons. The van der Waals surface area contributed by atoms with Gasteiger partial charge in [0.25, 0.3) is 0 Å². The van der Waals surface area contributed by atoms with Gasteiger partial charge in [-0.3, -0.25) is 14.4 Å². The van der Waals surface area contributed by atoms with Crippen molar-refractivity contribution in [3.63, 3.8) is 0 Å². The summed E-state index contributed by atoms with van der Waals surface area (Å²) < 4.78 is 7.04. The minimum atomic E-state index is -0.456. The number of para-hydroxylation sites is 1. The molecule has 3 aromatic rings. The third kappa shape index (κ3) is 4.62. The minimum absolute atomic E-state index is 0.0604. The molecule has 0 aliphatic heterocycles. The quantitative estimate of drug-likeness (QED) is 0.502. The van der Waals surface area contributed by atoms with Crippen molar-refractivity contribution in [2.24, 2.45) is 0 Å². The van der Waals surface area contributed by atoms with Crippen LogP contribution in [-0.4, -0.2) is 28.8 Å². The number of benzene rings is 1. The van der Waals surface area contributed by atoms with E-state index in [1.807, 2.05) is 41.8 Å². The second-order valence-corrected chi connectivity index (χ2v) is 7.36. The molecule has 0 fully saturated rings. The summed E-state index contributed by atoms with van der Waals surface area (Å²) in [5.41, 5.74) is 1.92. The van der Waals surface area contributed by atoms with E-state index in [2.05, 4.69) is 5.32 Å². The zero-order valence-corrected chi connectivity index (χ0v) is 16.0. The predicted molar refractivity (Wildman–Crippen MR) is 104 cm³/mol. The second-order valence-electron chi connectivity index (χ2n) is 6.19. The molecule has 2 aromatic heterocycles. The largest absolute Gasteiger partial charge is 0.456 e. The van der Waals surface area contributed by atoms with Gasteiger partial charge < -0.3 is 14.6 Å². The summed E-state index contributed by atoms with van der Waals surface area (Å²) in [5.74, 6) is -0.836. The molecule has 0 saturated carbocycles. The van der Waals surface area contributed by atoms with E-state index in [1.165, 1.54) is 18.3 Å². The molecule has 0 bridgehead atoms. The number of amides is 1. The van der Waals surface area contributed by atoms with Crippen molar-refractivity contribution in [2.45, 2.75) is 26.9 Å². The third-order valence-corrected chi connectivity index (χ3v) is 5.24. The summed E-state index contributed by atoms with van der Waals surface area (Å²) in [6.07, 6.45) is 0. The van der Waals surface area contributed by atoms with Gasteiger partial charge in [0.05, 0.1) is 11.4 Å². The SMILES string of the molecule is CC(=O)NCc1ccc(C(=O)COC(=O)Cn2c(C)cc3ccccc32)s1. The van der Waals surface area contributed by atoms with Crippen LogP contribution in [0.1, 0.15) is 27.2 Å². The van der Waals surface area contributed by atoms with Crippen molar-refractivity contribution >= 4 is 39.9 Å². The van der Waals surface area contributed by atoms with Crippen molar-refractivity contribution < 1.29 is 19.1 Å². The maximum atomic E-state index is 12.2. The average molecular weight is 384 g/mol. The number of carbonyl (C=O) groups excluding carboxylic acids is 3. The Balaban J connectivity index is 1.56. The number of rotatable bonds is 7. The number of aromatic nitrogens is 1. The Morgan fingerprint density at radius 2 is 1.93 bits per heavy atom. The van der Waals surface area contributed by atoms with E-state index in [0.29, 0.717) is 11.4 Å². The van der Waals surface area contributed by atoms with E-state index in [9.17, 15) is 14.4 Å². The van der Waals surface area contributed by atoms with Gasteiger partial charge in [0.2, 0.25) is 11.7 Å². The normalized spacial score (nSPS) is 10.7. The van der Waals surface area contributed by atoms with E-state index in [-0.39, 0.29) is 24.8 Å². The number of carbonyl (C=O) groups is 3. The summed E-state index contributed by atoms with van der Waals surface area (Å²) in [5, 5.41) is 3.74. The fraction of sp³-hybridized carbons (Fsp3) is 0.250. The molecule has 0 spiro atoms. The molecule has 1 aromatic carbocycles. The number of nitrogens with one attached hydrogen (secondary N) is 1. The first kappa shape index (κ1) is 18.8. The Morgan fingerprint density at radius 1 is 1.15 bits per heavy atom. The van der Waals surface area contributed by atoms with E-state index in [1.54, 1.807) is 12.1 Å². The van der Waals surface area contributed by atoms with Gasteiger partial charge in [-0.1, -0.05) is 18.2 Å². The fourth-order valence-corrected chi connectivity index (χ4v) is 3.66. The molecule has 0 atom stereocenters. The maximum Gasteiger partial charge on any atom is 0.326 e. The van der Waals surface area contributed by atoms with Crippen LogP contribution in [0, 0.1) is 6.92 Å². The van der Waals surface area contributed by atoms with Gasteiger partial charge >= 0.3 is 5.97 Å². The van der Waals surface area contributed by atoms with Gasteiger partial charge in [-0.05, 0) is 36.6 Å². The van der Waals surface area contributed by atoms with Crippen molar-refractivity contribution in [2.75, 3.05) is 6.61 Å². The van der Waals surface area contributed by atoms with E-state index < -0.39 is 5.97 Å². The summed E-state index contributed by atoms with van der Waals surface area (Å²) in [4.78, 5) is 36.7. The van der Waals surface area contributed by atoms with Gasteiger partial charge in [-0.2, -0.15) is 0 Å². The van der Waals surface area contributed by atoms with Crippen LogP contribution in [0.25, 0.3) is 10.9 Å². The van der Waals surface area contributed by atoms with Crippen LogP contribution in [0.3, 0.4) is 0 Å². The van der Waals surface area contributed by atoms with Crippen LogP contribution >= 0.6 is 11.3 Å². The Morgan fingerprint density at radius 3 is 2.70 bits per heavy atom. The Kier molecular flexibility index (Phi) is 5.71. The smallest absolute Gasteiger partial charge is 0.326 e. The monoisotopic (exact) mass is 384 g/mol. The minimum Gasteiger partial charge on any atom is -0.456 e. The standard InChI is InChI=1S/C20H20N2O4S/c1-13-9-15-5-3-4-6-17(15)22(13)11-20(25)26-12-18(24)19-8-7-16(27-19)10-21-14(2)23/h3-9H,10-12H2,1-2H3,(H,21,23).